The molecule has 7 rings (SSSR count). The fraction of sp³-hybridized carbons (Fsp3) is 0.519. The summed E-state index contributed by atoms with van der Waals surface area (Å²) in [7, 11) is 1.44. The summed E-state index contributed by atoms with van der Waals surface area (Å²) >= 11 is 0. The van der Waals surface area contributed by atoms with Crippen LogP contribution < -0.4 is 5.32 Å². The Morgan fingerprint density at radius 1 is 0.853 bits per heavy atom. The fourth-order valence-electron chi connectivity index (χ4n) is 11.4. The van der Waals surface area contributed by atoms with Crippen LogP contribution in [0.1, 0.15) is 101 Å². The molecular weight excluding hydrogens is 879 g/mol. The van der Waals surface area contributed by atoms with Crippen LogP contribution in [0, 0.1) is 16.7 Å². The van der Waals surface area contributed by atoms with Gasteiger partial charge >= 0.3 is 23.9 Å². The summed E-state index contributed by atoms with van der Waals surface area (Å²) in [5, 5.41) is 30.2. The summed E-state index contributed by atoms with van der Waals surface area (Å²) in [6, 6.07) is 24.1. The molecule has 3 aliphatic carbocycles. The molecule has 13 atom stereocenters. The molecule has 0 aromatic heterocycles. The lowest BCUT2D eigenvalue weighted by Gasteiger charge is -2.69. The van der Waals surface area contributed by atoms with E-state index in [4.69, 9.17) is 37.9 Å². The van der Waals surface area contributed by atoms with Gasteiger partial charge < -0.3 is 53.4 Å². The molecule has 0 spiro atoms. The Hall–Kier alpha value is -5.49. The van der Waals surface area contributed by atoms with Gasteiger partial charge in [0.1, 0.15) is 30.0 Å². The zero-order valence-electron chi connectivity index (χ0n) is 40.0. The summed E-state index contributed by atoms with van der Waals surface area (Å²) in [6.45, 7) is 12.5. The van der Waals surface area contributed by atoms with Crippen molar-refractivity contribution >= 4 is 29.8 Å². The van der Waals surface area contributed by atoms with Gasteiger partial charge in [-0.1, -0.05) is 87.5 Å². The first kappa shape index (κ1) is 50.4. The predicted molar refractivity (Wildman–Crippen MR) is 243 cm³/mol. The molecule has 2 saturated carbocycles. The SMILES string of the molecule is CCOC(C)O[C@@H](C(=O)O[C@H]1C[C@@]2(O)[C@@H](OC(=O)c3ccccc3)[C@@H]3[C@]4(OC(C)=O)CO[C@@H]4C[C@H](OC)[C@@]3(C)[C@@H](O)[C@H](OC(C)=O)C(=C1C)C2(C)C)[C@@H](NC(=O)c1ccccc1)c1ccccc1. The van der Waals surface area contributed by atoms with Crippen LogP contribution in [0.3, 0.4) is 0 Å². The number of carbonyl (C=O) groups is 5. The van der Waals surface area contributed by atoms with Gasteiger partial charge in [0.05, 0.1) is 30.2 Å². The van der Waals surface area contributed by atoms with Gasteiger partial charge in [0.25, 0.3) is 5.91 Å². The molecule has 1 heterocycles. The number of hydrogen-bond acceptors (Lipinski definition) is 15. The van der Waals surface area contributed by atoms with Crippen molar-refractivity contribution in [2.45, 2.75) is 134 Å². The third-order valence-electron chi connectivity index (χ3n) is 14.7. The molecule has 3 aromatic rings. The number of ether oxygens (including phenoxy) is 8. The molecule has 1 aliphatic heterocycles. The quantitative estimate of drug-likeness (QED) is 0.0734. The van der Waals surface area contributed by atoms with Crippen LogP contribution >= 0.6 is 0 Å². The molecule has 2 bridgehead atoms. The van der Waals surface area contributed by atoms with Crippen LogP contribution in [0.4, 0.5) is 0 Å². The number of aliphatic hydroxyl groups excluding tert-OH is 1. The number of nitrogens with one attached hydrogen (secondary N) is 1. The molecule has 3 fully saturated rings. The molecule has 1 amide bonds. The van der Waals surface area contributed by atoms with E-state index in [2.05, 4.69) is 5.32 Å². The summed E-state index contributed by atoms with van der Waals surface area (Å²) in [5.74, 6) is -5.13. The van der Waals surface area contributed by atoms with E-state index in [0.29, 0.717) is 16.7 Å². The third kappa shape index (κ3) is 8.98. The Kier molecular flexibility index (Phi) is 14.7. The Bertz CT molecular complexity index is 2360. The van der Waals surface area contributed by atoms with Gasteiger partial charge in [0, 0.05) is 56.8 Å². The molecule has 16 heteroatoms. The first-order valence-corrected chi connectivity index (χ1v) is 23.0. The average molecular weight is 942 g/mol. The standard InChI is InChI=1S/C52H63NO15/c1-10-62-32(5)65-42(40(33-20-14-11-15-21-33)53-46(57)34-22-16-12-17-23-34)48(59)66-36-27-52(60)45(67-47(58)35-24-18-13-19-25-35)43-50(8,37(61-9)26-38-51(43,28-63-38)68-31(4)55)44(56)41(64-30(3)54)39(29(36)2)49(52,6)7/h11-25,32,36-38,40-45,56,60H,10,26-28H2,1-9H3,(H,53,57)/t32?,36-,37-,38+,40-,41+,42+,43-,44-,45-,50+,51-,52+/m0/s1. The fourth-order valence-corrected chi connectivity index (χ4v) is 11.4. The number of esters is 4. The second kappa shape index (κ2) is 19.9. The summed E-state index contributed by atoms with van der Waals surface area (Å²) < 4.78 is 49.9. The van der Waals surface area contributed by atoms with Gasteiger partial charge in [-0.2, -0.15) is 0 Å². The second-order valence-electron chi connectivity index (χ2n) is 18.9. The van der Waals surface area contributed by atoms with Crippen molar-refractivity contribution in [2.75, 3.05) is 20.3 Å². The highest BCUT2D eigenvalue weighted by atomic mass is 16.7. The van der Waals surface area contributed by atoms with E-state index in [-0.39, 0.29) is 30.8 Å². The Labute approximate surface area is 396 Å². The van der Waals surface area contributed by atoms with E-state index in [1.807, 2.05) is 0 Å². The normalized spacial score (nSPS) is 31.7. The van der Waals surface area contributed by atoms with Gasteiger partial charge in [-0.3, -0.25) is 14.4 Å². The van der Waals surface area contributed by atoms with Crippen molar-refractivity contribution in [1.29, 1.82) is 0 Å². The van der Waals surface area contributed by atoms with Crippen LogP contribution in [-0.4, -0.2) is 121 Å². The van der Waals surface area contributed by atoms with Crippen molar-refractivity contribution in [2.24, 2.45) is 16.7 Å². The van der Waals surface area contributed by atoms with Crippen molar-refractivity contribution in [3.63, 3.8) is 0 Å². The Balaban J connectivity index is 1.43. The van der Waals surface area contributed by atoms with E-state index in [9.17, 15) is 29.4 Å². The van der Waals surface area contributed by atoms with Gasteiger partial charge in [-0.25, -0.2) is 9.59 Å². The Morgan fingerprint density at radius 2 is 1.46 bits per heavy atom. The molecule has 0 radical (unpaired) electrons. The van der Waals surface area contributed by atoms with Gasteiger partial charge in [0.2, 0.25) is 0 Å². The van der Waals surface area contributed by atoms with Gasteiger partial charge in [0.15, 0.2) is 24.1 Å². The molecule has 68 heavy (non-hydrogen) atoms. The second-order valence-corrected chi connectivity index (χ2v) is 18.9. The van der Waals surface area contributed by atoms with Crippen molar-refractivity contribution in [3.05, 3.63) is 119 Å². The Morgan fingerprint density at radius 3 is 2.00 bits per heavy atom. The van der Waals surface area contributed by atoms with Crippen molar-refractivity contribution in [3.8, 4) is 0 Å². The van der Waals surface area contributed by atoms with Crippen molar-refractivity contribution in [1.82, 2.24) is 5.32 Å². The molecule has 3 N–H and O–H groups in total. The highest BCUT2D eigenvalue weighted by molar-refractivity contribution is 5.95. The number of methoxy groups -OCH3 is 1. The lowest BCUT2D eigenvalue weighted by atomic mass is 9.44. The smallest absolute Gasteiger partial charge is 0.338 e. The summed E-state index contributed by atoms with van der Waals surface area (Å²) in [5.41, 5.74) is -5.66. The zero-order valence-corrected chi connectivity index (χ0v) is 40.0. The van der Waals surface area contributed by atoms with Gasteiger partial charge in [-0.05, 0) is 61.7 Å². The number of amides is 1. The maximum absolute atomic E-state index is 15.2. The lowest BCUT2D eigenvalue weighted by molar-refractivity contribution is -0.366. The van der Waals surface area contributed by atoms with Crippen LogP contribution in [0.5, 0.6) is 0 Å². The summed E-state index contributed by atoms with van der Waals surface area (Å²) in [6.07, 6.45) is -11.0. The predicted octanol–water partition coefficient (Wildman–Crippen LogP) is 5.59. The summed E-state index contributed by atoms with van der Waals surface area (Å²) in [4.78, 5) is 70.2. The number of carbonyl (C=O) groups excluding carboxylic acids is 5. The topological polar surface area (TPSA) is 212 Å². The van der Waals surface area contributed by atoms with E-state index in [1.54, 1.807) is 133 Å². The maximum atomic E-state index is 15.2. The first-order chi connectivity index (χ1) is 32.2. The molecular formula is C52H63NO15. The van der Waals surface area contributed by atoms with E-state index in [0.717, 1.165) is 0 Å². The van der Waals surface area contributed by atoms with Crippen molar-refractivity contribution < 1.29 is 72.1 Å². The van der Waals surface area contributed by atoms with Crippen LogP contribution in [0.2, 0.25) is 0 Å². The number of fused-ring (bicyclic) bond motifs is 5. The van der Waals surface area contributed by atoms with E-state index in [1.165, 1.54) is 21.0 Å². The molecule has 1 unspecified atom stereocenters. The third-order valence-corrected chi connectivity index (χ3v) is 14.7. The average Bonchev–Trinajstić information content (AvgIpc) is 3.30. The number of hydrogen-bond donors (Lipinski definition) is 3. The van der Waals surface area contributed by atoms with E-state index < -0.39 is 119 Å². The minimum Gasteiger partial charge on any atom is -0.456 e. The van der Waals surface area contributed by atoms with Crippen LogP contribution in [0.25, 0.3) is 0 Å². The van der Waals surface area contributed by atoms with Crippen LogP contribution in [0.15, 0.2) is 102 Å². The largest absolute Gasteiger partial charge is 0.456 e. The molecule has 4 aliphatic rings. The molecule has 1 saturated heterocycles. The first-order valence-electron chi connectivity index (χ1n) is 23.0. The minimum absolute atomic E-state index is 0.102. The maximum Gasteiger partial charge on any atom is 0.338 e. The molecule has 16 nitrogen and oxygen atoms in total. The number of aliphatic hydroxyl groups is 2. The lowest BCUT2D eigenvalue weighted by Crippen LogP contribution is -2.82. The minimum atomic E-state index is -2.29. The zero-order chi connectivity index (χ0) is 49.3. The van der Waals surface area contributed by atoms with Crippen LogP contribution in [-0.2, 0) is 52.3 Å². The highest BCUT2D eigenvalue weighted by Crippen LogP contribution is 2.65. The number of benzene rings is 3. The molecule has 366 valence electrons. The molecule has 3 aromatic carbocycles. The highest BCUT2D eigenvalue weighted by Gasteiger charge is 2.78. The van der Waals surface area contributed by atoms with Gasteiger partial charge in [-0.15, -0.1) is 0 Å². The number of rotatable bonds is 15. The van der Waals surface area contributed by atoms with E-state index >= 15 is 4.79 Å². The monoisotopic (exact) mass is 941 g/mol.